The minimum absolute atomic E-state index is 0.0693. The summed E-state index contributed by atoms with van der Waals surface area (Å²) in [6.07, 6.45) is 1.21. The largest absolute Gasteiger partial charge is 0.455 e. The highest BCUT2D eigenvalue weighted by Crippen LogP contribution is 2.32. The van der Waals surface area contributed by atoms with Gasteiger partial charge in [0, 0.05) is 24.6 Å². The molecule has 1 fully saturated rings. The van der Waals surface area contributed by atoms with Crippen molar-refractivity contribution in [3.63, 3.8) is 0 Å². The second kappa shape index (κ2) is 8.71. The lowest BCUT2D eigenvalue weighted by molar-refractivity contribution is -0.121. The van der Waals surface area contributed by atoms with Gasteiger partial charge in [0.05, 0.1) is 5.69 Å². The highest BCUT2D eigenvalue weighted by atomic mass is 32.2. The number of fused-ring (bicyclic) bond motifs is 1. The second-order valence-corrected chi connectivity index (χ2v) is 9.62. The molecule has 2 aliphatic heterocycles. The Hall–Kier alpha value is -3.65. The summed E-state index contributed by atoms with van der Waals surface area (Å²) in [6, 6.07) is 23.6. The molecule has 0 saturated carbocycles. The Morgan fingerprint density at radius 1 is 0.909 bits per heavy atom. The number of rotatable bonds is 4. The number of amides is 1. The lowest BCUT2D eigenvalue weighted by Crippen LogP contribution is -2.41. The molecule has 33 heavy (non-hydrogen) atoms. The zero-order valence-electron chi connectivity index (χ0n) is 17.8. The van der Waals surface area contributed by atoms with E-state index in [-0.39, 0.29) is 16.7 Å². The number of carbonyl (C=O) groups is 1. The molecule has 1 amide bonds. The number of hydrogen-bond acceptors (Lipinski definition) is 5. The number of carbonyl (C=O) groups excluding carboxylic acids is 1. The van der Waals surface area contributed by atoms with E-state index in [9.17, 15) is 13.2 Å². The van der Waals surface area contributed by atoms with Crippen LogP contribution in [0.5, 0.6) is 11.5 Å². The molecule has 0 bridgehead atoms. The van der Waals surface area contributed by atoms with Gasteiger partial charge in [-0.1, -0.05) is 42.5 Å². The monoisotopic (exact) mass is 461 g/mol. The number of piperidine rings is 1. The first-order valence-electron chi connectivity index (χ1n) is 10.8. The van der Waals surface area contributed by atoms with Gasteiger partial charge in [-0.25, -0.2) is 0 Å². The number of benzene rings is 3. The molecule has 1 N–H and O–H groups in total. The molecule has 7 nitrogen and oxygen atoms in total. The van der Waals surface area contributed by atoms with Crippen LogP contribution in [0.25, 0.3) is 0 Å². The topological polar surface area (TPSA) is 88.1 Å². The van der Waals surface area contributed by atoms with E-state index >= 15 is 0 Å². The van der Waals surface area contributed by atoms with Crippen LogP contribution >= 0.6 is 0 Å². The molecule has 168 valence electrons. The van der Waals surface area contributed by atoms with E-state index in [4.69, 9.17) is 4.74 Å². The van der Waals surface area contributed by atoms with E-state index in [1.165, 1.54) is 0 Å². The molecule has 2 aliphatic rings. The van der Waals surface area contributed by atoms with Gasteiger partial charge in [0.15, 0.2) is 11.6 Å². The Labute approximate surface area is 192 Å². The number of nitrogens with zero attached hydrogens (tertiary/aromatic N) is 2. The van der Waals surface area contributed by atoms with Crippen molar-refractivity contribution in [1.29, 1.82) is 0 Å². The number of amidine groups is 1. The molecule has 3 aromatic rings. The van der Waals surface area contributed by atoms with Gasteiger partial charge in [-0.2, -0.15) is 8.42 Å². The van der Waals surface area contributed by atoms with E-state index in [0.29, 0.717) is 54.5 Å². The van der Waals surface area contributed by atoms with Crippen molar-refractivity contribution in [1.82, 2.24) is 4.90 Å². The van der Waals surface area contributed by atoms with Crippen molar-refractivity contribution in [2.45, 2.75) is 17.7 Å². The van der Waals surface area contributed by atoms with Gasteiger partial charge in [-0.05, 0) is 49.2 Å². The first-order valence-corrected chi connectivity index (χ1v) is 12.3. The molecular weight excluding hydrogens is 438 g/mol. The van der Waals surface area contributed by atoms with Crippen molar-refractivity contribution in [3.8, 4) is 11.5 Å². The van der Waals surface area contributed by atoms with Crippen LogP contribution in [0, 0.1) is 5.92 Å². The summed E-state index contributed by atoms with van der Waals surface area (Å²) in [5.74, 6) is 1.50. The van der Waals surface area contributed by atoms with Gasteiger partial charge >= 0.3 is 0 Å². The smallest absolute Gasteiger partial charge is 0.285 e. The minimum Gasteiger partial charge on any atom is -0.455 e. The number of anilines is 1. The zero-order chi connectivity index (χ0) is 22.8. The Kier molecular flexibility index (Phi) is 5.60. The van der Waals surface area contributed by atoms with Crippen LogP contribution in [0.1, 0.15) is 18.4 Å². The fourth-order valence-electron chi connectivity index (χ4n) is 4.18. The van der Waals surface area contributed by atoms with Crippen LogP contribution < -0.4 is 10.1 Å². The van der Waals surface area contributed by atoms with Crippen LogP contribution in [0.2, 0.25) is 0 Å². The highest BCUT2D eigenvalue weighted by Gasteiger charge is 2.34. The summed E-state index contributed by atoms with van der Waals surface area (Å²) in [7, 11) is -3.65. The predicted octanol–water partition coefficient (Wildman–Crippen LogP) is 4.28. The molecule has 0 radical (unpaired) electrons. The standard InChI is InChI=1S/C25H23N3O4S/c29-25(26-21-11-5-6-12-22(21)32-19-8-2-1-3-9-19)18-14-16-28(17-15-18)24-20-10-4-7-13-23(20)33(30,31)27-24/h1-13,18H,14-17H2,(H,26,29). The summed E-state index contributed by atoms with van der Waals surface area (Å²) < 4.78 is 34.6. The SMILES string of the molecule is O=C(Nc1ccccc1Oc1ccccc1)C1CCN(C2=NS(=O)(=O)c3ccccc32)CC1. The fourth-order valence-corrected chi connectivity index (χ4v) is 5.41. The van der Waals surface area contributed by atoms with Crippen molar-refractivity contribution in [3.05, 3.63) is 84.4 Å². The number of likely N-dealkylation sites (tertiary alicyclic amines) is 1. The third-order valence-corrected chi connectivity index (χ3v) is 7.22. The molecule has 0 aromatic heterocycles. The highest BCUT2D eigenvalue weighted by molar-refractivity contribution is 7.90. The van der Waals surface area contributed by atoms with Crippen molar-refractivity contribution < 1.29 is 17.9 Å². The first-order chi connectivity index (χ1) is 16.0. The lowest BCUT2D eigenvalue weighted by atomic mass is 9.95. The maximum absolute atomic E-state index is 13.0. The summed E-state index contributed by atoms with van der Waals surface area (Å²) in [5.41, 5.74) is 1.25. The zero-order valence-corrected chi connectivity index (χ0v) is 18.7. The Balaban J connectivity index is 1.25. The number of sulfonamides is 1. The summed E-state index contributed by atoms with van der Waals surface area (Å²) in [5, 5.41) is 3.01. The van der Waals surface area contributed by atoms with E-state index in [1.54, 1.807) is 18.2 Å². The van der Waals surface area contributed by atoms with Crippen LogP contribution in [0.3, 0.4) is 0 Å². The van der Waals surface area contributed by atoms with Crippen molar-refractivity contribution in [2.75, 3.05) is 18.4 Å². The normalized spacial score (nSPS) is 17.2. The molecule has 0 spiro atoms. The minimum atomic E-state index is -3.65. The lowest BCUT2D eigenvalue weighted by Gasteiger charge is -2.32. The van der Waals surface area contributed by atoms with Crippen LogP contribution in [0.4, 0.5) is 5.69 Å². The molecule has 1 saturated heterocycles. The summed E-state index contributed by atoms with van der Waals surface area (Å²) in [6.45, 7) is 1.12. The molecular formula is C25H23N3O4S. The van der Waals surface area contributed by atoms with Crippen molar-refractivity contribution >= 4 is 27.5 Å². The van der Waals surface area contributed by atoms with Gasteiger partial charge in [-0.3, -0.25) is 4.79 Å². The Morgan fingerprint density at radius 2 is 1.58 bits per heavy atom. The van der Waals surface area contributed by atoms with E-state index in [1.807, 2.05) is 65.6 Å². The van der Waals surface area contributed by atoms with Gasteiger partial charge in [-0.15, -0.1) is 4.40 Å². The van der Waals surface area contributed by atoms with Crippen LogP contribution in [-0.4, -0.2) is 38.2 Å². The molecule has 5 rings (SSSR count). The molecule has 3 aromatic carbocycles. The average molecular weight is 462 g/mol. The van der Waals surface area contributed by atoms with E-state index in [2.05, 4.69) is 9.71 Å². The molecule has 0 unspecified atom stereocenters. The fraction of sp³-hybridized carbons (Fsp3) is 0.200. The van der Waals surface area contributed by atoms with Gasteiger partial charge < -0.3 is 15.0 Å². The summed E-state index contributed by atoms with van der Waals surface area (Å²) in [4.78, 5) is 15.2. The molecule has 0 aliphatic carbocycles. The van der Waals surface area contributed by atoms with Gasteiger partial charge in [0.1, 0.15) is 10.6 Å². The number of para-hydroxylation sites is 3. The average Bonchev–Trinajstić information content (AvgIpc) is 3.12. The van der Waals surface area contributed by atoms with Gasteiger partial charge in [0.2, 0.25) is 5.91 Å². The second-order valence-electron chi connectivity index (χ2n) is 8.05. The molecule has 8 heteroatoms. The number of nitrogens with one attached hydrogen (secondary N) is 1. The van der Waals surface area contributed by atoms with Crippen LogP contribution in [0.15, 0.2) is 88.2 Å². The van der Waals surface area contributed by atoms with E-state index in [0.717, 1.165) is 0 Å². The summed E-state index contributed by atoms with van der Waals surface area (Å²) >= 11 is 0. The maximum Gasteiger partial charge on any atom is 0.285 e. The first kappa shape index (κ1) is 21.2. The van der Waals surface area contributed by atoms with E-state index < -0.39 is 10.0 Å². The Bertz CT molecular complexity index is 1310. The third-order valence-electron chi connectivity index (χ3n) is 5.89. The third kappa shape index (κ3) is 4.34. The molecule has 2 heterocycles. The van der Waals surface area contributed by atoms with Crippen LogP contribution in [-0.2, 0) is 14.8 Å². The maximum atomic E-state index is 13.0. The van der Waals surface area contributed by atoms with Gasteiger partial charge in [0.25, 0.3) is 10.0 Å². The number of ether oxygens (including phenoxy) is 1. The Morgan fingerprint density at radius 3 is 2.36 bits per heavy atom. The quantitative estimate of drug-likeness (QED) is 0.627. The predicted molar refractivity (Wildman–Crippen MR) is 126 cm³/mol. The molecule has 0 atom stereocenters. The number of hydrogen-bond donors (Lipinski definition) is 1. The van der Waals surface area contributed by atoms with Crippen molar-refractivity contribution in [2.24, 2.45) is 10.3 Å².